The van der Waals surface area contributed by atoms with Crippen molar-refractivity contribution in [1.29, 1.82) is 0 Å². The molecule has 0 aliphatic carbocycles. The lowest BCUT2D eigenvalue weighted by Gasteiger charge is -2.08. The molecule has 124 valence electrons. The van der Waals surface area contributed by atoms with Crippen LogP contribution in [0, 0.1) is 0 Å². The van der Waals surface area contributed by atoms with E-state index < -0.39 is 11.7 Å². The van der Waals surface area contributed by atoms with E-state index >= 15 is 0 Å². The molecule has 1 aromatic heterocycles. The number of amides is 1. The summed E-state index contributed by atoms with van der Waals surface area (Å²) in [5.41, 5.74) is 0.779. The van der Waals surface area contributed by atoms with Crippen molar-refractivity contribution in [1.82, 2.24) is 9.97 Å². The monoisotopic (exact) mass is 351 g/mol. The van der Waals surface area contributed by atoms with Crippen molar-refractivity contribution in [2.24, 2.45) is 0 Å². The Morgan fingerprint density at radius 1 is 1.17 bits per heavy atom. The molecular weight excluding hydrogens is 339 g/mol. The van der Waals surface area contributed by atoms with E-state index in [2.05, 4.69) is 15.3 Å². The largest absolute Gasteiger partial charge is 0.416 e. The number of aromatic amines is 1. The third kappa shape index (κ3) is 3.88. The van der Waals surface area contributed by atoms with Gasteiger partial charge in [-0.2, -0.15) is 13.2 Å². The van der Waals surface area contributed by atoms with Gasteiger partial charge in [-0.05, 0) is 30.3 Å². The number of benzene rings is 2. The number of nitrogens with one attached hydrogen (secondary N) is 2. The lowest BCUT2D eigenvalue weighted by atomic mass is 10.2. The molecule has 2 N–H and O–H groups in total. The number of halogens is 3. The molecule has 0 atom stereocenters. The Balaban J connectivity index is 1.61. The maximum atomic E-state index is 12.7. The molecule has 2 aromatic carbocycles. The van der Waals surface area contributed by atoms with Gasteiger partial charge in [0.05, 0.1) is 22.3 Å². The molecule has 3 rings (SSSR count). The number of carbonyl (C=O) groups excluding carboxylic acids is 1. The third-order valence-electron chi connectivity index (χ3n) is 3.18. The van der Waals surface area contributed by atoms with Crippen LogP contribution in [0.15, 0.2) is 53.4 Å². The molecule has 0 saturated heterocycles. The normalized spacial score (nSPS) is 11.6. The second-order valence-electron chi connectivity index (χ2n) is 4.97. The van der Waals surface area contributed by atoms with E-state index in [4.69, 9.17) is 0 Å². The highest BCUT2D eigenvalue weighted by Gasteiger charge is 2.30. The van der Waals surface area contributed by atoms with Gasteiger partial charge in [0.2, 0.25) is 11.9 Å². The van der Waals surface area contributed by atoms with Gasteiger partial charge in [-0.3, -0.25) is 10.1 Å². The molecule has 0 saturated carbocycles. The average molecular weight is 351 g/mol. The second kappa shape index (κ2) is 6.56. The van der Waals surface area contributed by atoms with Crippen LogP contribution in [0.3, 0.4) is 0 Å². The predicted octanol–water partition coefficient (Wildman–Crippen LogP) is 4.31. The van der Waals surface area contributed by atoms with Crippen LogP contribution in [-0.2, 0) is 11.0 Å². The first-order valence-corrected chi connectivity index (χ1v) is 7.95. The van der Waals surface area contributed by atoms with Crippen molar-refractivity contribution in [2.75, 3.05) is 11.1 Å². The molecule has 1 heterocycles. The van der Waals surface area contributed by atoms with Crippen LogP contribution in [0.25, 0.3) is 11.0 Å². The van der Waals surface area contributed by atoms with E-state index in [1.54, 1.807) is 6.07 Å². The van der Waals surface area contributed by atoms with Crippen molar-refractivity contribution in [2.45, 2.75) is 11.1 Å². The van der Waals surface area contributed by atoms with E-state index in [9.17, 15) is 18.0 Å². The molecule has 0 spiro atoms. The van der Waals surface area contributed by atoms with Gasteiger partial charge in [0.15, 0.2) is 0 Å². The fourth-order valence-electron chi connectivity index (χ4n) is 2.09. The Morgan fingerprint density at radius 2 is 1.96 bits per heavy atom. The summed E-state index contributed by atoms with van der Waals surface area (Å²) in [6.07, 6.45) is -4.40. The zero-order valence-electron chi connectivity index (χ0n) is 12.2. The standard InChI is InChI=1S/C16H12F3N3OS/c17-16(18,19)10-4-3-5-11(8-10)24-9-14(23)22-15-20-12-6-1-2-7-13(12)21-15/h1-8H,9H2,(H2,20,21,22,23). The number of carbonyl (C=O) groups is 1. The summed E-state index contributed by atoms with van der Waals surface area (Å²) in [7, 11) is 0. The molecule has 0 unspecified atom stereocenters. The first-order chi connectivity index (χ1) is 11.4. The molecular formula is C16H12F3N3OS. The lowest BCUT2D eigenvalue weighted by molar-refractivity contribution is -0.137. The van der Waals surface area contributed by atoms with Crippen molar-refractivity contribution in [3.8, 4) is 0 Å². The average Bonchev–Trinajstić information content (AvgIpc) is 2.94. The number of para-hydroxylation sites is 2. The number of aromatic nitrogens is 2. The van der Waals surface area contributed by atoms with Crippen LogP contribution in [0.2, 0.25) is 0 Å². The van der Waals surface area contributed by atoms with Crippen molar-refractivity contribution in [3.63, 3.8) is 0 Å². The van der Waals surface area contributed by atoms with Crippen LogP contribution in [0.4, 0.5) is 19.1 Å². The number of anilines is 1. The minimum absolute atomic E-state index is 0.0155. The zero-order chi connectivity index (χ0) is 17.2. The first-order valence-electron chi connectivity index (χ1n) is 6.96. The van der Waals surface area contributed by atoms with Gasteiger partial charge in [-0.1, -0.05) is 18.2 Å². The second-order valence-corrected chi connectivity index (χ2v) is 6.01. The Bertz CT molecular complexity index is 843. The molecule has 0 aliphatic rings. The highest BCUT2D eigenvalue weighted by molar-refractivity contribution is 8.00. The summed E-state index contributed by atoms with van der Waals surface area (Å²) in [5.74, 6) is -0.0550. The summed E-state index contributed by atoms with van der Waals surface area (Å²) >= 11 is 1.03. The fourth-order valence-corrected chi connectivity index (χ4v) is 2.85. The van der Waals surface area contributed by atoms with Crippen LogP contribution in [-0.4, -0.2) is 21.6 Å². The Morgan fingerprint density at radius 3 is 2.71 bits per heavy atom. The minimum atomic E-state index is -4.40. The predicted molar refractivity (Wildman–Crippen MR) is 86.9 cm³/mol. The van der Waals surface area contributed by atoms with E-state index in [0.717, 1.165) is 34.9 Å². The number of imidazole rings is 1. The van der Waals surface area contributed by atoms with Gasteiger partial charge in [0, 0.05) is 4.90 Å². The van der Waals surface area contributed by atoms with Gasteiger partial charge in [-0.25, -0.2) is 4.98 Å². The van der Waals surface area contributed by atoms with Crippen LogP contribution in [0.5, 0.6) is 0 Å². The lowest BCUT2D eigenvalue weighted by Crippen LogP contribution is -2.15. The summed E-state index contributed by atoms with van der Waals surface area (Å²) in [6, 6.07) is 12.2. The van der Waals surface area contributed by atoms with Gasteiger partial charge in [0.1, 0.15) is 0 Å². The fraction of sp³-hybridized carbons (Fsp3) is 0.125. The maximum absolute atomic E-state index is 12.7. The number of nitrogens with zero attached hydrogens (tertiary/aromatic N) is 1. The summed E-state index contributed by atoms with van der Waals surface area (Å²) in [6.45, 7) is 0. The summed E-state index contributed by atoms with van der Waals surface area (Å²) in [5, 5.41) is 2.60. The Kier molecular flexibility index (Phi) is 4.48. The van der Waals surface area contributed by atoms with Gasteiger partial charge >= 0.3 is 6.18 Å². The number of rotatable bonds is 4. The van der Waals surface area contributed by atoms with Crippen molar-refractivity contribution >= 4 is 34.7 Å². The summed E-state index contributed by atoms with van der Waals surface area (Å²) < 4.78 is 38.0. The quantitative estimate of drug-likeness (QED) is 0.689. The third-order valence-corrected chi connectivity index (χ3v) is 4.17. The molecule has 0 bridgehead atoms. The number of hydrogen-bond acceptors (Lipinski definition) is 3. The maximum Gasteiger partial charge on any atom is 0.416 e. The van der Waals surface area contributed by atoms with E-state index in [1.165, 1.54) is 12.1 Å². The Hall–Kier alpha value is -2.48. The number of thioether (sulfide) groups is 1. The topological polar surface area (TPSA) is 57.8 Å². The number of hydrogen-bond donors (Lipinski definition) is 2. The van der Waals surface area contributed by atoms with Crippen LogP contribution in [0.1, 0.15) is 5.56 Å². The minimum Gasteiger partial charge on any atom is -0.324 e. The number of fused-ring (bicyclic) bond motifs is 1. The SMILES string of the molecule is O=C(CSc1cccc(C(F)(F)F)c1)Nc1nc2ccccc2[nH]1. The van der Waals surface area contributed by atoms with E-state index in [1.807, 2.05) is 18.2 Å². The molecule has 0 fully saturated rings. The first kappa shape index (κ1) is 16.4. The molecule has 3 aromatic rings. The van der Waals surface area contributed by atoms with Gasteiger partial charge in [-0.15, -0.1) is 11.8 Å². The molecule has 8 heteroatoms. The van der Waals surface area contributed by atoms with Crippen LogP contribution >= 0.6 is 11.8 Å². The number of H-pyrrole nitrogens is 1. The van der Waals surface area contributed by atoms with Gasteiger partial charge < -0.3 is 4.98 Å². The molecule has 1 amide bonds. The van der Waals surface area contributed by atoms with E-state index in [0.29, 0.717) is 10.8 Å². The smallest absolute Gasteiger partial charge is 0.324 e. The summed E-state index contributed by atoms with van der Waals surface area (Å²) in [4.78, 5) is 19.5. The molecule has 4 nitrogen and oxygen atoms in total. The zero-order valence-corrected chi connectivity index (χ0v) is 13.0. The van der Waals surface area contributed by atoms with Crippen molar-refractivity contribution in [3.05, 3.63) is 54.1 Å². The molecule has 0 radical (unpaired) electrons. The van der Waals surface area contributed by atoms with Crippen LogP contribution < -0.4 is 5.32 Å². The molecule has 24 heavy (non-hydrogen) atoms. The Labute approximate surface area is 139 Å². The van der Waals surface area contributed by atoms with Gasteiger partial charge in [0.25, 0.3) is 0 Å². The number of alkyl halides is 3. The highest BCUT2D eigenvalue weighted by atomic mass is 32.2. The highest BCUT2D eigenvalue weighted by Crippen LogP contribution is 2.31. The van der Waals surface area contributed by atoms with Crippen molar-refractivity contribution < 1.29 is 18.0 Å². The molecule has 0 aliphatic heterocycles. The van der Waals surface area contributed by atoms with E-state index in [-0.39, 0.29) is 11.7 Å².